The first-order valence-electron chi connectivity index (χ1n) is 5.79. The Bertz CT molecular complexity index is 356. The van der Waals surface area contributed by atoms with Gasteiger partial charge >= 0.3 is 18.1 Å². The van der Waals surface area contributed by atoms with Crippen LogP contribution in [0.15, 0.2) is 0 Å². The van der Waals surface area contributed by atoms with Crippen molar-refractivity contribution in [2.45, 2.75) is 31.9 Å². The van der Waals surface area contributed by atoms with Gasteiger partial charge in [-0.15, -0.1) is 0 Å². The van der Waals surface area contributed by atoms with Crippen LogP contribution in [-0.2, 0) is 19.1 Å². The van der Waals surface area contributed by atoms with Crippen molar-refractivity contribution in [3.63, 3.8) is 0 Å². The minimum Gasteiger partial charge on any atom is -0.481 e. The number of ether oxygens (including phenoxy) is 1. The van der Waals surface area contributed by atoms with Crippen LogP contribution < -0.4 is 0 Å². The largest absolute Gasteiger partial charge is 0.481 e. The van der Waals surface area contributed by atoms with E-state index >= 15 is 0 Å². The minimum absolute atomic E-state index is 0.0548. The van der Waals surface area contributed by atoms with E-state index in [0.717, 1.165) is 7.11 Å². The number of carboxylic acid groups (broad SMARTS) is 1. The lowest BCUT2D eigenvalue weighted by atomic mass is 10.2. The average molecular weight is 299 g/mol. The standard InChI is InChI=1S/C11H16F3NO5/c1-20-10(19)5-6-15(7-11(12,13)14)8(16)3-2-4-9(17)18/h2-7H2,1H3,(H,17,18). The molecule has 1 amide bonds. The molecule has 0 rings (SSSR count). The molecule has 0 radical (unpaired) electrons. The Kier molecular flexibility index (Phi) is 7.63. The Hall–Kier alpha value is -1.80. The van der Waals surface area contributed by atoms with Gasteiger partial charge in [-0.1, -0.05) is 0 Å². The molecule has 1 N–H and O–H groups in total. The maximum absolute atomic E-state index is 12.3. The van der Waals surface area contributed by atoms with Crippen LogP contribution in [0.2, 0.25) is 0 Å². The maximum Gasteiger partial charge on any atom is 0.406 e. The minimum atomic E-state index is -4.58. The van der Waals surface area contributed by atoms with E-state index in [2.05, 4.69) is 4.74 Å². The van der Waals surface area contributed by atoms with Gasteiger partial charge < -0.3 is 14.7 Å². The summed E-state index contributed by atoms with van der Waals surface area (Å²) in [7, 11) is 1.09. The lowest BCUT2D eigenvalue weighted by Crippen LogP contribution is -2.40. The summed E-state index contributed by atoms with van der Waals surface area (Å²) in [5, 5.41) is 8.39. The molecule has 20 heavy (non-hydrogen) atoms. The maximum atomic E-state index is 12.3. The second-order valence-electron chi connectivity index (χ2n) is 4.00. The molecule has 0 aromatic carbocycles. The van der Waals surface area contributed by atoms with Gasteiger partial charge in [0.05, 0.1) is 13.5 Å². The number of hydrogen-bond acceptors (Lipinski definition) is 4. The van der Waals surface area contributed by atoms with Gasteiger partial charge in [-0.2, -0.15) is 13.2 Å². The molecule has 0 atom stereocenters. The van der Waals surface area contributed by atoms with Crippen LogP contribution in [-0.4, -0.2) is 54.2 Å². The fraction of sp³-hybridized carbons (Fsp3) is 0.727. The number of nitrogens with zero attached hydrogens (tertiary/aromatic N) is 1. The highest BCUT2D eigenvalue weighted by Gasteiger charge is 2.32. The predicted molar refractivity (Wildman–Crippen MR) is 60.8 cm³/mol. The van der Waals surface area contributed by atoms with E-state index in [9.17, 15) is 27.6 Å². The summed E-state index contributed by atoms with van der Waals surface area (Å²) in [4.78, 5) is 33.2. The van der Waals surface area contributed by atoms with Crippen LogP contribution >= 0.6 is 0 Å². The Morgan fingerprint density at radius 2 is 1.75 bits per heavy atom. The van der Waals surface area contributed by atoms with Crippen LogP contribution in [0.1, 0.15) is 25.7 Å². The van der Waals surface area contributed by atoms with Crippen LogP contribution in [0.3, 0.4) is 0 Å². The fourth-order valence-corrected chi connectivity index (χ4v) is 1.39. The molecule has 116 valence electrons. The molecule has 0 bridgehead atoms. The Labute approximate surface area is 113 Å². The van der Waals surface area contributed by atoms with Gasteiger partial charge in [-0.05, 0) is 6.42 Å². The van der Waals surface area contributed by atoms with Gasteiger partial charge in [0, 0.05) is 19.4 Å². The topological polar surface area (TPSA) is 83.9 Å². The molecule has 0 aromatic heterocycles. The Morgan fingerprint density at radius 3 is 2.20 bits per heavy atom. The zero-order valence-electron chi connectivity index (χ0n) is 10.9. The van der Waals surface area contributed by atoms with Crippen LogP contribution in [0.5, 0.6) is 0 Å². The van der Waals surface area contributed by atoms with E-state index in [1.807, 2.05) is 0 Å². The highest BCUT2D eigenvalue weighted by atomic mass is 19.4. The molecule has 0 aliphatic rings. The number of aliphatic carboxylic acids is 1. The highest BCUT2D eigenvalue weighted by Crippen LogP contribution is 2.17. The quantitative estimate of drug-likeness (QED) is 0.681. The van der Waals surface area contributed by atoms with Crippen LogP contribution in [0, 0.1) is 0 Å². The number of hydrogen-bond donors (Lipinski definition) is 1. The van der Waals surface area contributed by atoms with E-state index in [4.69, 9.17) is 5.11 Å². The number of carbonyl (C=O) groups is 3. The Morgan fingerprint density at radius 1 is 1.15 bits per heavy atom. The van der Waals surface area contributed by atoms with Crippen LogP contribution in [0.25, 0.3) is 0 Å². The molecule has 6 nitrogen and oxygen atoms in total. The molecule has 0 fully saturated rings. The van der Waals surface area contributed by atoms with Gasteiger partial charge in [0.25, 0.3) is 0 Å². The van der Waals surface area contributed by atoms with Crippen molar-refractivity contribution >= 4 is 17.8 Å². The summed E-state index contributed by atoms with van der Waals surface area (Å²) < 4.78 is 41.2. The lowest BCUT2D eigenvalue weighted by Gasteiger charge is -2.23. The van der Waals surface area contributed by atoms with Gasteiger partial charge in [-0.25, -0.2) is 0 Å². The third-order valence-corrected chi connectivity index (χ3v) is 2.32. The van der Waals surface area contributed by atoms with Gasteiger partial charge in [-0.3, -0.25) is 14.4 Å². The molecular formula is C11H16F3NO5. The van der Waals surface area contributed by atoms with Crippen LogP contribution in [0.4, 0.5) is 13.2 Å². The molecular weight excluding hydrogens is 283 g/mol. The van der Waals surface area contributed by atoms with Crippen molar-refractivity contribution in [2.75, 3.05) is 20.2 Å². The summed E-state index contributed by atoms with van der Waals surface area (Å²) in [5.74, 6) is -2.70. The second-order valence-corrected chi connectivity index (χ2v) is 4.00. The normalized spacial score (nSPS) is 11.0. The molecule has 0 saturated carbocycles. The van der Waals surface area contributed by atoms with Crippen molar-refractivity contribution in [1.29, 1.82) is 0 Å². The van der Waals surface area contributed by atoms with Gasteiger partial charge in [0.2, 0.25) is 5.91 Å². The van der Waals surface area contributed by atoms with E-state index in [0.29, 0.717) is 4.90 Å². The summed E-state index contributed by atoms with van der Waals surface area (Å²) in [6.07, 6.45) is -5.61. The first-order valence-corrected chi connectivity index (χ1v) is 5.79. The molecule has 0 aliphatic carbocycles. The smallest absolute Gasteiger partial charge is 0.406 e. The highest BCUT2D eigenvalue weighted by molar-refractivity contribution is 5.78. The van der Waals surface area contributed by atoms with Crippen molar-refractivity contribution in [3.05, 3.63) is 0 Å². The van der Waals surface area contributed by atoms with Crippen molar-refractivity contribution in [1.82, 2.24) is 4.90 Å². The summed E-state index contributed by atoms with van der Waals surface area (Å²) >= 11 is 0. The van der Waals surface area contributed by atoms with Gasteiger partial charge in [0.15, 0.2) is 0 Å². The number of rotatable bonds is 8. The molecule has 9 heteroatoms. The zero-order valence-corrected chi connectivity index (χ0v) is 10.9. The molecule has 0 heterocycles. The third kappa shape index (κ3) is 9.17. The number of carboxylic acids is 1. The van der Waals surface area contributed by atoms with Crippen molar-refractivity contribution in [3.8, 4) is 0 Å². The fourth-order valence-electron chi connectivity index (χ4n) is 1.39. The van der Waals surface area contributed by atoms with E-state index in [1.54, 1.807) is 0 Å². The SMILES string of the molecule is COC(=O)CCN(CC(F)(F)F)C(=O)CCCC(=O)O. The number of methoxy groups -OCH3 is 1. The van der Waals surface area contributed by atoms with Crippen molar-refractivity contribution in [2.24, 2.45) is 0 Å². The summed E-state index contributed by atoms with van der Waals surface area (Å²) in [5.41, 5.74) is 0. The number of amides is 1. The second kappa shape index (κ2) is 8.39. The molecule has 0 saturated heterocycles. The zero-order chi connectivity index (χ0) is 15.8. The van der Waals surface area contributed by atoms with E-state index < -0.39 is 37.1 Å². The van der Waals surface area contributed by atoms with Gasteiger partial charge in [0.1, 0.15) is 6.54 Å². The third-order valence-electron chi connectivity index (χ3n) is 2.32. The van der Waals surface area contributed by atoms with Crippen molar-refractivity contribution < 1.29 is 37.4 Å². The molecule has 0 aromatic rings. The molecule has 0 aliphatic heterocycles. The van der Waals surface area contributed by atoms with E-state index in [1.165, 1.54) is 0 Å². The van der Waals surface area contributed by atoms with E-state index in [-0.39, 0.29) is 25.7 Å². The molecule has 0 unspecified atom stereocenters. The number of carbonyl (C=O) groups excluding carboxylic acids is 2. The number of esters is 1. The Balaban J connectivity index is 4.45. The first-order chi connectivity index (χ1) is 9.15. The summed E-state index contributed by atoms with van der Waals surface area (Å²) in [6, 6.07) is 0. The summed E-state index contributed by atoms with van der Waals surface area (Å²) in [6.45, 7) is -1.89. The number of halogens is 3. The first kappa shape index (κ1) is 18.2. The number of alkyl halides is 3. The average Bonchev–Trinajstić information content (AvgIpc) is 2.31. The molecule has 0 spiro atoms. The monoisotopic (exact) mass is 299 g/mol. The predicted octanol–water partition coefficient (Wildman–Crippen LogP) is 1.20. The lowest BCUT2D eigenvalue weighted by molar-refractivity contribution is -0.162.